The summed E-state index contributed by atoms with van der Waals surface area (Å²) in [6.45, 7) is 5.36. The molecule has 130 valence electrons. The molecule has 0 saturated heterocycles. The SMILES string of the molecule is C#CC(NC(=O)CCOCCCC(=O)CCNC(C)C)C(N)=O. The lowest BCUT2D eigenvalue weighted by molar-refractivity contribution is -0.127. The quantitative estimate of drug-likeness (QED) is 0.319. The molecule has 1 unspecified atom stereocenters. The molecule has 0 spiro atoms. The minimum Gasteiger partial charge on any atom is -0.381 e. The van der Waals surface area contributed by atoms with Crippen LogP contribution in [0.1, 0.15) is 39.5 Å². The number of carbonyl (C=O) groups is 3. The van der Waals surface area contributed by atoms with Crippen LogP contribution in [0.25, 0.3) is 0 Å². The second-order valence-corrected chi connectivity index (χ2v) is 5.43. The molecular formula is C16H27N3O4. The third-order valence-electron chi connectivity index (χ3n) is 2.93. The van der Waals surface area contributed by atoms with Crippen molar-refractivity contribution in [2.75, 3.05) is 19.8 Å². The topological polar surface area (TPSA) is 111 Å². The first kappa shape index (κ1) is 21.1. The fourth-order valence-electron chi connectivity index (χ4n) is 1.69. The fraction of sp³-hybridized carbons (Fsp3) is 0.688. The molecule has 0 bridgehead atoms. The zero-order valence-electron chi connectivity index (χ0n) is 13.9. The van der Waals surface area contributed by atoms with Gasteiger partial charge in [0, 0.05) is 32.0 Å². The summed E-state index contributed by atoms with van der Waals surface area (Å²) >= 11 is 0. The molecule has 0 aromatic carbocycles. The fourth-order valence-corrected chi connectivity index (χ4v) is 1.69. The van der Waals surface area contributed by atoms with Gasteiger partial charge in [-0.25, -0.2) is 0 Å². The Hall–Kier alpha value is -1.91. The van der Waals surface area contributed by atoms with E-state index in [1.54, 1.807) is 0 Å². The molecular weight excluding hydrogens is 298 g/mol. The summed E-state index contributed by atoms with van der Waals surface area (Å²) in [4.78, 5) is 33.9. The minimum atomic E-state index is -1.10. The summed E-state index contributed by atoms with van der Waals surface area (Å²) in [6.07, 6.45) is 6.75. The van der Waals surface area contributed by atoms with Crippen LogP contribution in [0.5, 0.6) is 0 Å². The van der Waals surface area contributed by atoms with E-state index in [4.69, 9.17) is 16.9 Å². The van der Waals surface area contributed by atoms with Crippen molar-refractivity contribution < 1.29 is 19.1 Å². The first-order valence-electron chi connectivity index (χ1n) is 7.74. The summed E-state index contributed by atoms with van der Waals surface area (Å²) in [5.41, 5.74) is 5.01. The Balaban J connectivity index is 3.59. The van der Waals surface area contributed by atoms with Gasteiger partial charge in [0.15, 0.2) is 6.04 Å². The van der Waals surface area contributed by atoms with Gasteiger partial charge in [0.25, 0.3) is 5.91 Å². The number of amides is 2. The summed E-state index contributed by atoms with van der Waals surface area (Å²) in [5, 5.41) is 5.50. The lowest BCUT2D eigenvalue weighted by Gasteiger charge is -2.09. The number of ketones is 1. The van der Waals surface area contributed by atoms with E-state index in [2.05, 4.69) is 16.6 Å². The molecule has 1 atom stereocenters. The summed E-state index contributed by atoms with van der Waals surface area (Å²) in [7, 11) is 0. The molecule has 0 aromatic heterocycles. The molecule has 4 N–H and O–H groups in total. The van der Waals surface area contributed by atoms with Crippen molar-refractivity contribution in [3.8, 4) is 12.3 Å². The standard InChI is InChI=1S/C16H27N3O4/c1-4-14(16(17)22)19-15(21)8-11-23-10-5-6-13(20)7-9-18-12(2)3/h1,12,14,18H,5-11H2,2-3H3,(H2,17,22)(H,19,21). The Labute approximate surface area is 137 Å². The number of primary amides is 1. The number of ether oxygens (including phenoxy) is 1. The number of rotatable bonds is 13. The molecule has 0 aromatic rings. The highest BCUT2D eigenvalue weighted by molar-refractivity contribution is 5.89. The van der Waals surface area contributed by atoms with Gasteiger partial charge in [0.05, 0.1) is 13.0 Å². The van der Waals surface area contributed by atoms with Gasteiger partial charge in [0.1, 0.15) is 5.78 Å². The van der Waals surface area contributed by atoms with Gasteiger partial charge < -0.3 is 21.1 Å². The molecule has 0 aliphatic rings. The van der Waals surface area contributed by atoms with Crippen LogP contribution < -0.4 is 16.4 Å². The summed E-state index contributed by atoms with van der Waals surface area (Å²) in [5.74, 6) is 1.11. The second-order valence-electron chi connectivity index (χ2n) is 5.43. The van der Waals surface area contributed by atoms with E-state index >= 15 is 0 Å². The molecule has 0 fully saturated rings. The van der Waals surface area contributed by atoms with Crippen molar-refractivity contribution >= 4 is 17.6 Å². The van der Waals surface area contributed by atoms with Crippen molar-refractivity contribution in [1.82, 2.24) is 10.6 Å². The number of nitrogens with one attached hydrogen (secondary N) is 2. The van der Waals surface area contributed by atoms with Crippen LogP contribution in [0.3, 0.4) is 0 Å². The number of hydrogen-bond donors (Lipinski definition) is 3. The average molecular weight is 325 g/mol. The highest BCUT2D eigenvalue weighted by Crippen LogP contribution is 1.97. The first-order chi connectivity index (χ1) is 10.9. The van der Waals surface area contributed by atoms with E-state index < -0.39 is 17.9 Å². The third kappa shape index (κ3) is 12.3. The first-order valence-corrected chi connectivity index (χ1v) is 7.74. The zero-order chi connectivity index (χ0) is 17.7. The molecule has 0 aliphatic heterocycles. The lowest BCUT2D eigenvalue weighted by Crippen LogP contribution is -2.43. The molecule has 0 rings (SSSR count). The summed E-state index contributed by atoms with van der Waals surface area (Å²) in [6, 6.07) is -0.722. The monoisotopic (exact) mass is 325 g/mol. The molecule has 0 heterocycles. The van der Waals surface area contributed by atoms with E-state index in [0.29, 0.717) is 38.5 Å². The molecule has 2 amide bonds. The predicted octanol–water partition coefficient (Wildman–Crippen LogP) is -0.266. The van der Waals surface area contributed by atoms with Gasteiger partial charge in [-0.3, -0.25) is 14.4 Å². The lowest BCUT2D eigenvalue weighted by atomic mass is 10.1. The Morgan fingerprint density at radius 2 is 1.87 bits per heavy atom. The van der Waals surface area contributed by atoms with Crippen LogP contribution in [0.4, 0.5) is 0 Å². The van der Waals surface area contributed by atoms with E-state index in [9.17, 15) is 14.4 Å². The van der Waals surface area contributed by atoms with Crippen molar-refractivity contribution in [2.45, 2.75) is 51.6 Å². The van der Waals surface area contributed by atoms with Gasteiger partial charge in [-0.2, -0.15) is 0 Å². The Bertz CT molecular complexity index is 430. The van der Waals surface area contributed by atoms with Crippen molar-refractivity contribution in [1.29, 1.82) is 0 Å². The zero-order valence-corrected chi connectivity index (χ0v) is 13.9. The number of terminal acetylenes is 1. The molecule has 0 radical (unpaired) electrons. The van der Waals surface area contributed by atoms with Crippen LogP contribution in [0.15, 0.2) is 0 Å². The normalized spacial score (nSPS) is 11.7. The maximum atomic E-state index is 11.6. The Morgan fingerprint density at radius 3 is 2.43 bits per heavy atom. The average Bonchev–Trinajstić information content (AvgIpc) is 2.47. The highest BCUT2D eigenvalue weighted by Gasteiger charge is 2.14. The van der Waals surface area contributed by atoms with Gasteiger partial charge >= 0.3 is 0 Å². The highest BCUT2D eigenvalue weighted by atomic mass is 16.5. The third-order valence-corrected chi connectivity index (χ3v) is 2.93. The molecule has 7 heteroatoms. The Kier molecular flexibility index (Phi) is 11.6. The van der Waals surface area contributed by atoms with Crippen LogP contribution in [-0.2, 0) is 19.1 Å². The van der Waals surface area contributed by atoms with Crippen molar-refractivity contribution in [3.63, 3.8) is 0 Å². The number of nitrogens with two attached hydrogens (primary N) is 1. The molecule has 7 nitrogen and oxygen atoms in total. The second kappa shape index (κ2) is 12.6. The van der Waals surface area contributed by atoms with Crippen molar-refractivity contribution in [2.24, 2.45) is 5.73 Å². The summed E-state index contributed by atoms with van der Waals surface area (Å²) < 4.78 is 5.28. The molecule has 0 saturated carbocycles. The van der Waals surface area contributed by atoms with E-state index in [-0.39, 0.29) is 18.8 Å². The Morgan fingerprint density at radius 1 is 1.17 bits per heavy atom. The van der Waals surface area contributed by atoms with Crippen molar-refractivity contribution in [3.05, 3.63) is 0 Å². The largest absolute Gasteiger partial charge is 0.381 e. The number of Topliss-reactive ketones (excluding diaryl/α,β-unsaturated/α-hetero) is 1. The van der Waals surface area contributed by atoms with Crippen LogP contribution in [0, 0.1) is 12.3 Å². The minimum absolute atomic E-state index is 0.0811. The van der Waals surface area contributed by atoms with E-state index in [0.717, 1.165) is 0 Å². The van der Waals surface area contributed by atoms with E-state index in [1.165, 1.54) is 0 Å². The number of carbonyl (C=O) groups excluding carboxylic acids is 3. The maximum Gasteiger partial charge on any atom is 0.252 e. The van der Waals surface area contributed by atoms with Gasteiger partial charge in [-0.05, 0) is 6.42 Å². The smallest absolute Gasteiger partial charge is 0.252 e. The van der Waals surface area contributed by atoms with E-state index in [1.807, 2.05) is 13.8 Å². The number of hydrogen-bond acceptors (Lipinski definition) is 5. The molecule has 0 aliphatic carbocycles. The molecule has 23 heavy (non-hydrogen) atoms. The van der Waals surface area contributed by atoms with Gasteiger partial charge in [-0.1, -0.05) is 19.8 Å². The van der Waals surface area contributed by atoms with Gasteiger partial charge in [-0.15, -0.1) is 6.42 Å². The maximum absolute atomic E-state index is 11.6. The van der Waals surface area contributed by atoms with Crippen LogP contribution in [-0.4, -0.2) is 49.4 Å². The predicted molar refractivity (Wildman–Crippen MR) is 87.4 cm³/mol. The van der Waals surface area contributed by atoms with Gasteiger partial charge in [0.2, 0.25) is 5.91 Å². The van der Waals surface area contributed by atoms with Crippen LogP contribution in [0.2, 0.25) is 0 Å². The van der Waals surface area contributed by atoms with Crippen LogP contribution >= 0.6 is 0 Å².